The molecule has 0 atom stereocenters. The van der Waals surface area contributed by atoms with Gasteiger partial charge in [-0.05, 0) is 25.3 Å². The van der Waals surface area contributed by atoms with Crippen molar-refractivity contribution in [3.05, 3.63) is 18.0 Å². The summed E-state index contributed by atoms with van der Waals surface area (Å²) in [4.78, 5) is 4.56. The van der Waals surface area contributed by atoms with Crippen molar-refractivity contribution >= 4 is 29.9 Å². The van der Waals surface area contributed by atoms with E-state index in [9.17, 15) is 0 Å². The first kappa shape index (κ1) is 21.2. The summed E-state index contributed by atoms with van der Waals surface area (Å²) in [5.41, 5.74) is 1.09. The van der Waals surface area contributed by atoms with Gasteiger partial charge in [-0.3, -0.25) is 4.68 Å². The van der Waals surface area contributed by atoms with E-state index in [1.807, 2.05) is 17.8 Å². The molecule has 2 N–H and O–H groups in total. The van der Waals surface area contributed by atoms with Gasteiger partial charge in [-0.2, -0.15) is 5.10 Å². The number of guanidine groups is 1. The van der Waals surface area contributed by atoms with Crippen molar-refractivity contribution in [3.63, 3.8) is 0 Å². The Hall–Kier alpha value is -0.830. The van der Waals surface area contributed by atoms with Gasteiger partial charge < -0.3 is 15.4 Å². The number of hydrogen-bond acceptors (Lipinski definition) is 3. The molecule has 0 fully saturated rings. The molecule has 0 aromatic carbocycles. The van der Waals surface area contributed by atoms with Crippen LogP contribution >= 0.6 is 24.0 Å². The van der Waals surface area contributed by atoms with Crippen LogP contribution in [0.5, 0.6) is 0 Å². The van der Waals surface area contributed by atoms with Gasteiger partial charge >= 0.3 is 0 Å². The molecule has 7 heteroatoms. The number of rotatable bonds is 9. The zero-order valence-corrected chi connectivity index (χ0v) is 16.5. The number of aromatic nitrogens is 2. The van der Waals surface area contributed by atoms with Gasteiger partial charge in [-0.1, -0.05) is 13.8 Å². The van der Waals surface area contributed by atoms with Gasteiger partial charge in [-0.25, -0.2) is 4.99 Å². The second kappa shape index (κ2) is 12.7. The lowest BCUT2D eigenvalue weighted by atomic mass is 10.2. The number of aliphatic imine (C=N–C) groups is 1. The molecule has 22 heavy (non-hydrogen) atoms. The molecule has 128 valence electrons. The molecular weight excluding hydrogens is 393 g/mol. The highest BCUT2D eigenvalue weighted by molar-refractivity contribution is 14.0. The molecule has 0 aliphatic rings. The van der Waals surface area contributed by atoms with Crippen molar-refractivity contribution in [2.24, 2.45) is 18.0 Å². The number of nitrogens with one attached hydrogen (secondary N) is 2. The normalized spacial score (nSPS) is 11.4. The first-order chi connectivity index (χ1) is 10.1. The van der Waals surface area contributed by atoms with E-state index >= 15 is 0 Å². The van der Waals surface area contributed by atoms with Crippen LogP contribution in [-0.2, 0) is 18.3 Å². The Bertz CT molecular complexity index is 420. The summed E-state index contributed by atoms with van der Waals surface area (Å²) in [7, 11) is 1.93. The number of hydrogen-bond donors (Lipinski definition) is 2. The smallest absolute Gasteiger partial charge is 0.191 e. The SMILES string of the molecule is CCNC(=NCc1ccnn1C)NCCCOCC(C)C.I. The molecule has 0 spiro atoms. The summed E-state index contributed by atoms with van der Waals surface area (Å²) in [5.74, 6) is 1.43. The summed E-state index contributed by atoms with van der Waals surface area (Å²) in [6, 6.07) is 1.98. The average molecular weight is 423 g/mol. The number of ether oxygens (including phenoxy) is 1. The summed E-state index contributed by atoms with van der Waals surface area (Å²) in [6.07, 6.45) is 2.76. The second-order valence-corrected chi connectivity index (χ2v) is 5.39. The minimum Gasteiger partial charge on any atom is -0.381 e. The van der Waals surface area contributed by atoms with Crippen molar-refractivity contribution in [3.8, 4) is 0 Å². The van der Waals surface area contributed by atoms with Crippen molar-refractivity contribution in [1.29, 1.82) is 0 Å². The van der Waals surface area contributed by atoms with E-state index in [1.54, 1.807) is 6.20 Å². The first-order valence-electron chi connectivity index (χ1n) is 7.70. The summed E-state index contributed by atoms with van der Waals surface area (Å²) >= 11 is 0. The van der Waals surface area contributed by atoms with E-state index in [0.717, 1.165) is 44.4 Å². The molecule has 0 saturated carbocycles. The predicted octanol–water partition coefficient (Wildman–Crippen LogP) is 2.16. The molecule has 0 aliphatic carbocycles. The van der Waals surface area contributed by atoms with E-state index in [0.29, 0.717) is 12.5 Å². The molecule has 1 rings (SSSR count). The van der Waals surface area contributed by atoms with Crippen LogP contribution in [0.25, 0.3) is 0 Å². The topological polar surface area (TPSA) is 63.5 Å². The molecule has 0 bridgehead atoms. The van der Waals surface area contributed by atoms with Crippen molar-refractivity contribution in [2.45, 2.75) is 33.7 Å². The largest absolute Gasteiger partial charge is 0.381 e. The number of aryl methyl sites for hydroxylation is 1. The van der Waals surface area contributed by atoms with Gasteiger partial charge in [0.15, 0.2) is 5.96 Å². The highest BCUT2D eigenvalue weighted by Gasteiger charge is 2.00. The van der Waals surface area contributed by atoms with Crippen LogP contribution in [0.15, 0.2) is 17.3 Å². The quantitative estimate of drug-likeness (QED) is 0.277. The highest BCUT2D eigenvalue weighted by Crippen LogP contribution is 1.98. The number of halogens is 1. The standard InChI is InChI=1S/C15H29N5O.HI/c1-5-16-15(17-8-6-10-21-12-13(2)3)18-11-14-7-9-19-20(14)4;/h7,9,13H,5-6,8,10-12H2,1-4H3,(H2,16,17,18);1H. The lowest BCUT2D eigenvalue weighted by Gasteiger charge is -2.12. The van der Waals surface area contributed by atoms with E-state index in [-0.39, 0.29) is 24.0 Å². The van der Waals surface area contributed by atoms with Crippen molar-refractivity contribution in [2.75, 3.05) is 26.3 Å². The van der Waals surface area contributed by atoms with Crippen LogP contribution in [0, 0.1) is 5.92 Å². The Labute approximate surface area is 151 Å². The van der Waals surface area contributed by atoms with Gasteiger partial charge in [0.25, 0.3) is 0 Å². The minimum absolute atomic E-state index is 0. The minimum atomic E-state index is 0. The van der Waals surface area contributed by atoms with Gasteiger partial charge in [-0.15, -0.1) is 24.0 Å². The fourth-order valence-electron chi connectivity index (χ4n) is 1.76. The molecule has 0 radical (unpaired) electrons. The van der Waals surface area contributed by atoms with Crippen LogP contribution in [0.1, 0.15) is 32.9 Å². The van der Waals surface area contributed by atoms with Gasteiger partial charge in [0, 0.05) is 39.5 Å². The monoisotopic (exact) mass is 423 g/mol. The molecule has 0 amide bonds. The zero-order valence-electron chi connectivity index (χ0n) is 14.1. The predicted molar refractivity (Wildman–Crippen MR) is 102 cm³/mol. The maximum Gasteiger partial charge on any atom is 0.191 e. The third-order valence-corrected chi connectivity index (χ3v) is 2.87. The molecule has 1 aromatic rings. The Balaban J connectivity index is 0.00000441. The summed E-state index contributed by atoms with van der Waals surface area (Å²) in [6.45, 7) is 10.3. The lowest BCUT2D eigenvalue weighted by Crippen LogP contribution is -2.38. The van der Waals surface area contributed by atoms with E-state index in [4.69, 9.17) is 4.74 Å². The van der Waals surface area contributed by atoms with Crippen LogP contribution in [-0.4, -0.2) is 42.0 Å². The molecule has 0 unspecified atom stereocenters. The maximum atomic E-state index is 5.56. The van der Waals surface area contributed by atoms with E-state index in [2.05, 4.69) is 41.5 Å². The van der Waals surface area contributed by atoms with Gasteiger partial charge in [0.1, 0.15) is 0 Å². The van der Waals surface area contributed by atoms with Crippen LogP contribution in [0.2, 0.25) is 0 Å². The van der Waals surface area contributed by atoms with Gasteiger partial charge in [0.2, 0.25) is 0 Å². The van der Waals surface area contributed by atoms with Crippen molar-refractivity contribution < 1.29 is 4.74 Å². The van der Waals surface area contributed by atoms with Crippen LogP contribution in [0.3, 0.4) is 0 Å². The molecule has 1 heterocycles. The van der Waals surface area contributed by atoms with Gasteiger partial charge in [0.05, 0.1) is 12.2 Å². The van der Waals surface area contributed by atoms with Crippen LogP contribution in [0.4, 0.5) is 0 Å². The molecule has 6 nitrogen and oxygen atoms in total. The Morgan fingerprint density at radius 2 is 2.18 bits per heavy atom. The zero-order chi connectivity index (χ0) is 15.5. The summed E-state index contributed by atoms with van der Waals surface area (Å²) < 4.78 is 7.40. The summed E-state index contributed by atoms with van der Waals surface area (Å²) in [5, 5.41) is 10.7. The van der Waals surface area contributed by atoms with E-state index < -0.39 is 0 Å². The fourth-order valence-corrected chi connectivity index (χ4v) is 1.76. The van der Waals surface area contributed by atoms with Crippen molar-refractivity contribution in [1.82, 2.24) is 20.4 Å². The van der Waals surface area contributed by atoms with E-state index in [1.165, 1.54) is 0 Å². The van der Waals surface area contributed by atoms with Crippen LogP contribution < -0.4 is 10.6 Å². The third-order valence-electron chi connectivity index (χ3n) is 2.87. The lowest BCUT2D eigenvalue weighted by molar-refractivity contribution is 0.108. The molecule has 1 aromatic heterocycles. The first-order valence-corrected chi connectivity index (χ1v) is 7.70. The Kier molecular flexibility index (Phi) is 12.2. The third kappa shape index (κ3) is 9.24. The average Bonchev–Trinajstić information content (AvgIpc) is 2.85. The second-order valence-electron chi connectivity index (χ2n) is 5.39. The molecule has 0 saturated heterocycles. The Morgan fingerprint density at radius 3 is 2.77 bits per heavy atom. The number of nitrogens with zero attached hydrogens (tertiary/aromatic N) is 3. The fraction of sp³-hybridized carbons (Fsp3) is 0.733. The molecule has 0 aliphatic heterocycles. The maximum absolute atomic E-state index is 5.56. The highest BCUT2D eigenvalue weighted by atomic mass is 127. The Morgan fingerprint density at radius 1 is 1.41 bits per heavy atom. The molecular formula is C15H30IN5O.